The van der Waals surface area contributed by atoms with Crippen molar-refractivity contribution in [1.29, 1.82) is 0 Å². The van der Waals surface area contributed by atoms with Gasteiger partial charge in [-0.3, -0.25) is 0 Å². The summed E-state index contributed by atoms with van der Waals surface area (Å²) in [6.07, 6.45) is 0.790. The van der Waals surface area contributed by atoms with Gasteiger partial charge in [-0.05, 0) is 41.5 Å². The topological polar surface area (TPSA) is 57.4 Å². The van der Waals surface area contributed by atoms with E-state index in [9.17, 15) is 0 Å². The summed E-state index contributed by atoms with van der Waals surface area (Å²) in [7, 11) is 0. The highest BCUT2D eigenvalue weighted by Gasteiger charge is 2.59. The van der Waals surface area contributed by atoms with Gasteiger partial charge in [0.05, 0.1) is 0 Å². The first-order valence-corrected chi connectivity index (χ1v) is 8.68. The molecule has 3 aliphatic rings. The first-order chi connectivity index (χ1) is 12.4. The van der Waals surface area contributed by atoms with Gasteiger partial charge in [0.1, 0.15) is 6.61 Å². The lowest BCUT2D eigenvalue weighted by molar-refractivity contribution is 0.0832. The van der Waals surface area contributed by atoms with Crippen LogP contribution in [0.25, 0.3) is 0 Å². The monoisotopic (exact) mass is 332 g/mol. The van der Waals surface area contributed by atoms with Gasteiger partial charge >= 0.3 is 0 Å². The lowest BCUT2D eigenvalue weighted by atomic mass is 10.0. The van der Waals surface area contributed by atoms with Gasteiger partial charge < -0.3 is 14.0 Å². The summed E-state index contributed by atoms with van der Waals surface area (Å²) in [4.78, 5) is 4.64. The molecule has 0 amide bonds. The minimum Gasteiger partial charge on any atom is -0.485 e. The lowest BCUT2D eigenvalue weighted by Crippen LogP contribution is -2.22. The molecule has 6 rings (SSSR count). The third kappa shape index (κ3) is 1.95. The highest BCUT2D eigenvalue weighted by Crippen LogP contribution is 2.66. The zero-order chi connectivity index (χ0) is 16.4. The number of fused-ring (bicyclic) bond motifs is 4. The van der Waals surface area contributed by atoms with Crippen molar-refractivity contribution in [1.82, 2.24) is 10.1 Å². The molecule has 1 aliphatic heterocycles. The SMILES string of the molecule is c1ccc2c(c1)CC1C(c3nc(C4COc5ccccc5O4)no3)C21. The van der Waals surface area contributed by atoms with E-state index in [4.69, 9.17) is 14.0 Å². The number of para-hydroxylation sites is 2. The third-order valence-corrected chi connectivity index (χ3v) is 5.58. The largest absolute Gasteiger partial charge is 0.485 e. The van der Waals surface area contributed by atoms with E-state index < -0.39 is 0 Å². The van der Waals surface area contributed by atoms with E-state index in [1.54, 1.807) is 0 Å². The molecule has 4 atom stereocenters. The quantitative estimate of drug-likeness (QED) is 0.717. The molecule has 0 saturated heterocycles. The van der Waals surface area contributed by atoms with Gasteiger partial charge in [0.15, 0.2) is 17.6 Å². The summed E-state index contributed by atoms with van der Waals surface area (Å²) in [5, 5.41) is 4.17. The van der Waals surface area contributed by atoms with Crippen LogP contribution in [0.3, 0.4) is 0 Å². The highest BCUT2D eigenvalue weighted by molar-refractivity contribution is 5.46. The van der Waals surface area contributed by atoms with Crippen molar-refractivity contribution in [3.05, 3.63) is 71.4 Å². The number of hydrogen-bond acceptors (Lipinski definition) is 5. The van der Waals surface area contributed by atoms with Crippen LogP contribution in [0.5, 0.6) is 11.5 Å². The van der Waals surface area contributed by atoms with E-state index in [2.05, 4.69) is 34.4 Å². The standard InChI is InChI=1S/C20H16N2O3/c1-2-6-12-11(5-1)9-13-17(12)18(13)20-21-19(22-25-20)16-10-23-14-7-3-4-8-15(14)24-16/h1-8,13,16-18H,9-10H2. The number of rotatable bonds is 2. The van der Waals surface area contributed by atoms with Crippen LogP contribution in [0, 0.1) is 5.92 Å². The summed E-state index contributed by atoms with van der Waals surface area (Å²) in [5.41, 5.74) is 2.91. The van der Waals surface area contributed by atoms with Gasteiger partial charge in [0.25, 0.3) is 0 Å². The van der Waals surface area contributed by atoms with Crippen molar-refractivity contribution in [2.45, 2.75) is 24.4 Å². The van der Waals surface area contributed by atoms with Crippen molar-refractivity contribution in [2.75, 3.05) is 6.61 Å². The minimum atomic E-state index is -0.321. The zero-order valence-corrected chi connectivity index (χ0v) is 13.5. The lowest BCUT2D eigenvalue weighted by Gasteiger charge is -2.24. The maximum Gasteiger partial charge on any atom is 0.230 e. The van der Waals surface area contributed by atoms with Crippen molar-refractivity contribution in [3.63, 3.8) is 0 Å². The maximum absolute atomic E-state index is 5.97. The van der Waals surface area contributed by atoms with Gasteiger partial charge in [-0.2, -0.15) is 4.98 Å². The molecule has 0 N–H and O–H groups in total. The predicted octanol–water partition coefficient (Wildman–Crippen LogP) is 3.64. The molecule has 124 valence electrons. The Morgan fingerprint density at radius 2 is 1.76 bits per heavy atom. The number of benzene rings is 2. The van der Waals surface area contributed by atoms with Gasteiger partial charge in [0.2, 0.25) is 11.7 Å². The van der Waals surface area contributed by atoms with Gasteiger partial charge in [-0.1, -0.05) is 41.6 Å². The van der Waals surface area contributed by atoms with Crippen LogP contribution in [0.15, 0.2) is 53.1 Å². The molecule has 3 aromatic rings. The van der Waals surface area contributed by atoms with Crippen LogP contribution < -0.4 is 9.47 Å². The fourth-order valence-corrected chi connectivity index (χ4v) is 4.35. The van der Waals surface area contributed by atoms with Crippen LogP contribution in [0.4, 0.5) is 0 Å². The Morgan fingerprint density at radius 1 is 0.920 bits per heavy atom. The molecule has 1 fully saturated rings. The molecule has 0 radical (unpaired) electrons. The van der Waals surface area contributed by atoms with Crippen LogP contribution in [0.2, 0.25) is 0 Å². The number of hydrogen-bond donors (Lipinski definition) is 0. The predicted molar refractivity (Wildman–Crippen MR) is 88.7 cm³/mol. The molecule has 1 aromatic heterocycles. The summed E-state index contributed by atoms with van der Waals surface area (Å²) < 4.78 is 17.3. The Bertz CT molecular complexity index is 944. The second-order valence-corrected chi connectivity index (χ2v) is 6.97. The molecular weight excluding hydrogens is 316 g/mol. The van der Waals surface area contributed by atoms with Gasteiger partial charge in [-0.25, -0.2) is 0 Å². The molecular formula is C20H16N2O3. The Balaban J connectivity index is 1.24. The van der Waals surface area contributed by atoms with E-state index in [1.165, 1.54) is 11.1 Å². The van der Waals surface area contributed by atoms with Crippen LogP contribution in [-0.2, 0) is 6.42 Å². The molecule has 4 unspecified atom stereocenters. The van der Waals surface area contributed by atoms with E-state index in [1.807, 2.05) is 24.3 Å². The summed E-state index contributed by atoms with van der Waals surface area (Å²) >= 11 is 0. The Morgan fingerprint density at radius 3 is 2.72 bits per heavy atom. The fraction of sp³-hybridized carbons (Fsp3) is 0.300. The minimum absolute atomic E-state index is 0.321. The molecule has 5 nitrogen and oxygen atoms in total. The van der Waals surface area contributed by atoms with Crippen molar-refractivity contribution in [2.24, 2.45) is 5.92 Å². The first kappa shape index (κ1) is 13.5. The van der Waals surface area contributed by atoms with Crippen LogP contribution in [0.1, 0.15) is 40.8 Å². The van der Waals surface area contributed by atoms with Crippen molar-refractivity contribution < 1.29 is 14.0 Å². The summed E-state index contributed by atoms with van der Waals surface area (Å²) in [5.74, 6) is 4.29. The van der Waals surface area contributed by atoms with Gasteiger partial charge in [0, 0.05) is 5.92 Å². The van der Waals surface area contributed by atoms with E-state index in [0.29, 0.717) is 30.2 Å². The second kappa shape index (κ2) is 4.85. The third-order valence-electron chi connectivity index (χ3n) is 5.58. The second-order valence-electron chi connectivity index (χ2n) is 6.97. The smallest absolute Gasteiger partial charge is 0.230 e. The molecule has 2 heterocycles. The Labute approximate surface area is 144 Å². The normalized spacial score (nSPS) is 28.3. The average Bonchev–Trinajstić information content (AvgIpc) is 3.03. The molecule has 2 aromatic carbocycles. The maximum atomic E-state index is 5.97. The Kier molecular flexibility index (Phi) is 2.61. The molecule has 0 bridgehead atoms. The summed E-state index contributed by atoms with van der Waals surface area (Å²) in [6, 6.07) is 16.3. The molecule has 5 heteroatoms. The number of nitrogens with zero attached hydrogens (tertiary/aromatic N) is 2. The highest BCUT2D eigenvalue weighted by atomic mass is 16.6. The van der Waals surface area contributed by atoms with Crippen LogP contribution >= 0.6 is 0 Å². The molecule has 0 spiro atoms. The summed E-state index contributed by atoms with van der Waals surface area (Å²) in [6.45, 7) is 0.399. The van der Waals surface area contributed by atoms with Crippen LogP contribution in [-0.4, -0.2) is 16.7 Å². The number of ether oxygens (including phenoxy) is 2. The van der Waals surface area contributed by atoms with E-state index >= 15 is 0 Å². The van der Waals surface area contributed by atoms with E-state index in [-0.39, 0.29) is 6.10 Å². The number of aromatic nitrogens is 2. The average molecular weight is 332 g/mol. The van der Waals surface area contributed by atoms with E-state index in [0.717, 1.165) is 23.8 Å². The fourth-order valence-electron chi connectivity index (χ4n) is 4.35. The van der Waals surface area contributed by atoms with Crippen molar-refractivity contribution >= 4 is 0 Å². The first-order valence-electron chi connectivity index (χ1n) is 8.68. The molecule has 2 aliphatic carbocycles. The zero-order valence-electron chi connectivity index (χ0n) is 13.5. The van der Waals surface area contributed by atoms with Crippen molar-refractivity contribution in [3.8, 4) is 11.5 Å². The van der Waals surface area contributed by atoms with Gasteiger partial charge in [-0.15, -0.1) is 0 Å². The molecule has 1 saturated carbocycles. The Hall–Kier alpha value is -2.82. The molecule has 25 heavy (non-hydrogen) atoms.